The van der Waals surface area contributed by atoms with Gasteiger partial charge in [0.05, 0.1) is 11.8 Å². The van der Waals surface area contributed by atoms with E-state index in [1.54, 1.807) is 0 Å². The Morgan fingerprint density at radius 1 is 1.06 bits per heavy atom. The molecule has 88 valence electrons. The minimum atomic E-state index is -0.811. The van der Waals surface area contributed by atoms with E-state index in [0.29, 0.717) is 0 Å². The second-order valence-corrected chi connectivity index (χ2v) is 6.01. The molecule has 5 heteroatoms. The third-order valence-electron chi connectivity index (χ3n) is 3.84. The Bertz CT molecular complexity index is 331. The Labute approximate surface area is 107 Å². The summed E-state index contributed by atoms with van der Waals surface area (Å²) in [5.41, 5.74) is 0. The molecule has 6 unspecified atom stereocenters. The Morgan fingerprint density at radius 3 is 2.06 bits per heavy atom. The normalized spacial score (nSPS) is 45.6. The highest BCUT2D eigenvalue weighted by Crippen LogP contribution is 2.50. The van der Waals surface area contributed by atoms with Crippen LogP contribution in [0.5, 0.6) is 0 Å². The van der Waals surface area contributed by atoms with E-state index < -0.39 is 23.8 Å². The van der Waals surface area contributed by atoms with Gasteiger partial charge in [0.1, 0.15) is 0 Å². The van der Waals surface area contributed by atoms with Crippen LogP contribution in [0, 0.1) is 29.6 Å². The molecule has 0 heterocycles. The van der Waals surface area contributed by atoms with Gasteiger partial charge in [0, 0.05) is 9.84 Å². The molecule has 1 saturated carbocycles. The smallest absolute Gasteiger partial charge is 0.308 e. The zero-order valence-electron chi connectivity index (χ0n) is 8.71. The van der Waals surface area contributed by atoms with E-state index in [1.165, 1.54) is 0 Å². The molecule has 3 aliphatic carbocycles. The van der Waals surface area contributed by atoms with Crippen molar-refractivity contribution in [3.63, 3.8) is 0 Å². The average molecular weight is 336 g/mol. The highest BCUT2D eigenvalue weighted by atomic mass is 127. The molecule has 2 bridgehead atoms. The first-order chi connectivity index (χ1) is 7.45. The molecule has 16 heavy (non-hydrogen) atoms. The number of alkyl halides is 1. The monoisotopic (exact) mass is 336 g/mol. The molecule has 6 atom stereocenters. The maximum absolute atomic E-state index is 11.2. The van der Waals surface area contributed by atoms with Crippen LogP contribution in [-0.2, 0) is 9.59 Å². The van der Waals surface area contributed by atoms with E-state index in [1.807, 2.05) is 19.1 Å². The minimum Gasteiger partial charge on any atom is -0.481 e. The fourth-order valence-electron chi connectivity index (χ4n) is 3.03. The van der Waals surface area contributed by atoms with Gasteiger partial charge in [-0.1, -0.05) is 41.7 Å². The molecule has 0 spiro atoms. The summed E-state index contributed by atoms with van der Waals surface area (Å²) in [6.07, 6.45) is 3.78. The summed E-state index contributed by atoms with van der Waals surface area (Å²) in [5, 5.41) is 18.4. The van der Waals surface area contributed by atoms with Crippen molar-refractivity contribution in [3.05, 3.63) is 12.2 Å². The van der Waals surface area contributed by atoms with E-state index in [4.69, 9.17) is 0 Å². The summed E-state index contributed by atoms with van der Waals surface area (Å²) in [5.74, 6) is -2.90. The van der Waals surface area contributed by atoms with E-state index in [2.05, 4.69) is 22.6 Å². The number of fused-ring (bicyclic) bond motifs is 2. The lowest BCUT2D eigenvalue weighted by atomic mass is 9.58. The van der Waals surface area contributed by atoms with Gasteiger partial charge in [-0.15, -0.1) is 0 Å². The number of carboxylic acids is 2. The van der Waals surface area contributed by atoms with Crippen LogP contribution < -0.4 is 0 Å². The maximum Gasteiger partial charge on any atom is 0.308 e. The Morgan fingerprint density at radius 2 is 1.56 bits per heavy atom. The van der Waals surface area contributed by atoms with E-state index in [9.17, 15) is 19.8 Å². The molecule has 0 aromatic rings. The number of hydrogen-bond donors (Lipinski definition) is 2. The number of carboxylic acid groups (broad SMARTS) is 2. The van der Waals surface area contributed by atoms with Gasteiger partial charge >= 0.3 is 11.9 Å². The average Bonchev–Trinajstić information content (AvgIpc) is 2.18. The van der Waals surface area contributed by atoms with Crippen molar-refractivity contribution in [1.29, 1.82) is 0 Å². The standard InChI is InChI=1S/C11H13IO4/c1-4-5-2-3-6(7(4)10(13)14)9(12)8(5)11(15)16/h2-9H,1H3,(H,13,14)(H,15,16). The van der Waals surface area contributed by atoms with Crippen LogP contribution in [0.1, 0.15) is 6.92 Å². The Kier molecular flexibility index (Phi) is 2.98. The summed E-state index contributed by atoms with van der Waals surface area (Å²) >= 11 is 2.09. The topological polar surface area (TPSA) is 74.6 Å². The molecule has 4 nitrogen and oxygen atoms in total. The molecule has 3 rings (SSSR count). The van der Waals surface area contributed by atoms with Gasteiger partial charge in [-0.05, 0) is 11.8 Å². The van der Waals surface area contributed by atoms with Gasteiger partial charge in [0.25, 0.3) is 0 Å². The van der Waals surface area contributed by atoms with Gasteiger partial charge in [0.2, 0.25) is 0 Å². The van der Waals surface area contributed by atoms with Crippen LogP contribution >= 0.6 is 22.6 Å². The summed E-state index contributed by atoms with van der Waals surface area (Å²) in [7, 11) is 0. The maximum atomic E-state index is 11.2. The van der Waals surface area contributed by atoms with Crippen LogP contribution in [0.2, 0.25) is 0 Å². The summed E-state index contributed by atoms with van der Waals surface area (Å²) < 4.78 is -0.123. The second kappa shape index (κ2) is 4.01. The van der Waals surface area contributed by atoms with Crippen LogP contribution in [0.25, 0.3) is 0 Å². The second-order valence-electron chi connectivity index (χ2n) is 4.57. The van der Waals surface area contributed by atoms with Crippen LogP contribution in [-0.4, -0.2) is 26.1 Å². The number of rotatable bonds is 2. The largest absolute Gasteiger partial charge is 0.481 e. The highest BCUT2D eigenvalue weighted by Gasteiger charge is 2.54. The zero-order chi connectivity index (χ0) is 12.0. The molecule has 0 aliphatic heterocycles. The number of hydrogen-bond acceptors (Lipinski definition) is 2. The molecule has 0 aromatic carbocycles. The van der Waals surface area contributed by atoms with E-state index in [0.717, 1.165) is 0 Å². The Balaban J connectivity index is 2.38. The number of halogens is 1. The van der Waals surface area contributed by atoms with Gasteiger partial charge < -0.3 is 10.2 Å². The first-order valence-electron chi connectivity index (χ1n) is 5.23. The van der Waals surface area contributed by atoms with Gasteiger partial charge in [-0.2, -0.15) is 0 Å². The zero-order valence-corrected chi connectivity index (χ0v) is 10.9. The van der Waals surface area contributed by atoms with Crippen molar-refractivity contribution in [2.24, 2.45) is 29.6 Å². The van der Waals surface area contributed by atoms with Crippen molar-refractivity contribution in [1.82, 2.24) is 0 Å². The lowest BCUT2D eigenvalue weighted by Gasteiger charge is -2.47. The molecule has 3 aliphatic rings. The third-order valence-corrected chi connectivity index (χ3v) is 5.44. The van der Waals surface area contributed by atoms with Crippen molar-refractivity contribution >= 4 is 34.5 Å². The SMILES string of the molecule is CC1C2C=CC(C(I)C2C(=O)O)C1C(=O)O. The van der Waals surface area contributed by atoms with Gasteiger partial charge in [0.15, 0.2) is 0 Å². The number of allylic oxidation sites excluding steroid dienone is 2. The molecular weight excluding hydrogens is 323 g/mol. The van der Waals surface area contributed by atoms with Crippen molar-refractivity contribution in [2.75, 3.05) is 0 Å². The lowest BCUT2D eigenvalue weighted by Crippen LogP contribution is -2.53. The fourth-order valence-corrected chi connectivity index (χ4v) is 4.51. The molecule has 0 radical (unpaired) electrons. The summed E-state index contributed by atoms with van der Waals surface area (Å²) in [6, 6.07) is 0. The first kappa shape index (κ1) is 11.9. The van der Waals surface area contributed by atoms with E-state index >= 15 is 0 Å². The summed E-state index contributed by atoms with van der Waals surface area (Å²) in [4.78, 5) is 22.4. The van der Waals surface area contributed by atoms with Crippen LogP contribution in [0.15, 0.2) is 12.2 Å². The third kappa shape index (κ3) is 1.56. The lowest BCUT2D eigenvalue weighted by molar-refractivity contribution is -0.155. The van der Waals surface area contributed by atoms with Crippen LogP contribution in [0.4, 0.5) is 0 Å². The Hall–Kier alpha value is -0.590. The number of carbonyl (C=O) groups is 2. The van der Waals surface area contributed by atoms with Crippen molar-refractivity contribution in [3.8, 4) is 0 Å². The predicted molar refractivity (Wildman–Crippen MR) is 65.3 cm³/mol. The van der Waals surface area contributed by atoms with Gasteiger partial charge in [-0.3, -0.25) is 9.59 Å². The molecule has 0 amide bonds. The first-order valence-corrected chi connectivity index (χ1v) is 6.47. The summed E-state index contributed by atoms with van der Waals surface area (Å²) in [6.45, 7) is 1.85. The molecule has 2 N–H and O–H groups in total. The van der Waals surface area contributed by atoms with Gasteiger partial charge in [-0.25, -0.2) is 0 Å². The van der Waals surface area contributed by atoms with Crippen molar-refractivity contribution in [2.45, 2.75) is 10.8 Å². The molecule has 1 fully saturated rings. The number of aliphatic carboxylic acids is 2. The molecular formula is C11H13IO4. The molecule has 0 aromatic heterocycles. The fraction of sp³-hybridized carbons (Fsp3) is 0.636. The van der Waals surface area contributed by atoms with E-state index in [-0.39, 0.29) is 21.7 Å². The predicted octanol–water partition coefficient (Wildman–Crippen LogP) is 1.64. The minimum absolute atomic E-state index is 0.0976. The molecule has 0 saturated heterocycles. The quantitative estimate of drug-likeness (QED) is 0.457. The van der Waals surface area contributed by atoms with Crippen LogP contribution in [0.3, 0.4) is 0 Å². The van der Waals surface area contributed by atoms with Crippen molar-refractivity contribution < 1.29 is 19.8 Å². The highest BCUT2D eigenvalue weighted by molar-refractivity contribution is 14.1.